The smallest absolute Gasteiger partial charge is 0.389 e. The molecule has 0 saturated carbocycles. The van der Waals surface area contributed by atoms with Crippen LogP contribution in [0.2, 0.25) is 6.04 Å². The predicted octanol–water partition coefficient (Wildman–Crippen LogP) is 0.871. The van der Waals surface area contributed by atoms with Gasteiger partial charge in [-0.05, 0) is 6.42 Å². The zero-order valence-electron chi connectivity index (χ0n) is 10.1. The van der Waals surface area contributed by atoms with Crippen LogP contribution in [0.5, 0.6) is 0 Å². The quantitative estimate of drug-likeness (QED) is 0.363. The largest absolute Gasteiger partial charge is 0.500 e. The first-order valence-corrected chi connectivity index (χ1v) is 7.58. The summed E-state index contributed by atoms with van der Waals surface area (Å²) in [7, 11) is 2.27. The molecule has 0 bridgehead atoms. The highest BCUT2D eigenvalue weighted by molar-refractivity contribution is 6.60. The zero-order valence-corrected chi connectivity index (χ0v) is 11.8. The molecular weight excluding hydrogens is 252 g/mol. The SMILES string of the molecule is CO[Si](CCCOCC(O)CCl)(OC)OC. The molecule has 0 fully saturated rings. The van der Waals surface area contributed by atoms with E-state index in [2.05, 4.69) is 0 Å². The van der Waals surface area contributed by atoms with Gasteiger partial charge in [-0.15, -0.1) is 11.6 Å². The van der Waals surface area contributed by atoms with Crippen LogP contribution in [0.15, 0.2) is 0 Å². The van der Waals surface area contributed by atoms with Gasteiger partial charge in [-0.2, -0.15) is 0 Å². The van der Waals surface area contributed by atoms with Gasteiger partial charge in [0.05, 0.1) is 18.6 Å². The molecule has 0 aliphatic carbocycles. The van der Waals surface area contributed by atoms with Crippen LogP contribution in [0.1, 0.15) is 6.42 Å². The Balaban J connectivity index is 3.63. The lowest BCUT2D eigenvalue weighted by Gasteiger charge is -2.24. The highest BCUT2D eigenvalue weighted by Gasteiger charge is 2.36. The number of halogens is 1. The number of hydrogen-bond donors (Lipinski definition) is 1. The fraction of sp³-hybridized carbons (Fsp3) is 1.00. The van der Waals surface area contributed by atoms with Crippen LogP contribution in [-0.2, 0) is 18.0 Å². The molecule has 0 radical (unpaired) electrons. The first-order valence-electron chi connectivity index (χ1n) is 5.11. The molecule has 0 aromatic heterocycles. The summed E-state index contributed by atoms with van der Waals surface area (Å²) in [6.07, 6.45) is 0.160. The van der Waals surface area contributed by atoms with Crippen LogP contribution in [0, 0.1) is 0 Å². The minimum absolute atomic E-state index is 0.187. The molecule has 0 aromatic rings. The summed E-state index contributed by atoms with van der Waals surface area (Å²) in [6.45, 7) is 0.782. The van der Waals surface area contributed by atoms with E-state index in [-0.39, 0.29) is 12.5 Å². The molecule has 0 aliphatic rings. The minimum atomic E-state index is -2.47. The lowest BCUT2D eigenvalue weighted by Crippen LogP contribution is -2.42. The zero-order chi connectivity index (χ0) is 12.4. The van der Waals surface area contributed by atoms with Crippen LogP contribution < -0.4 is 0 Å². The molecule has 16 heavy (non-hydrogen) atoms. The van der Waals surface area contributed by atoms with Crippen molar-refractivity contribution in [1.29, 1.82) is 0 Å². The van der Waals surface area contributed by atoms with E-state index < -0.39 is 14.9 Å². The molecule has 0 heterocycles. The van der Waals surface area contributed by atoms with Gasteiger partial charge in [0, 0.05) is 34.0 Å². The maximum Gasteiger partial charge on any atom is 0.500 e. The van der Waals surface area contributed by atoms with Gasteiger partial charge in [0.15, 0.2) is 0 Å². The van der Waals surface area contributed by atoms with Crippen molar-refractivity contribution in [2.45, 2.75) is 18.6 Å². The van der Waals surface area contributed by atoms with E-state index >= 15 is 0 Å². The number of rotatable bonds is 10. The van der Waals surface area contributed by atoms with Crippen LogP contribution in [0.3, 0.4) is 0 Å². The Morgan fingerprint density at radius 2 is 1.75 bits per heavy atom. The van der Waals surface area contributed by atoms with E-state index in [1.165, 1.54) is 0 Å². The molecule has 1 atom stereocenters. The lowest BCUT2D eigenvalue weighted by atomic mass is 10.4. The highest BCUT2D eigenvalue weighted by atomic mass is 35.5. The van der Waals surface area contributed by atoms with E-state index in [0.717, 1.165) is 6.42 Å². The second-order valence-corrected chi connectivity index (χ2v) is 6.68. The maximum absolute atomic E-state index is 9.13. The topological polar surface area (TPSA) is 57.2 Å². The molecule has 0 saturated heterocycles. The molecule has 5 nitrogen and oxygen atoms in total. The summed E-state index contributed by atoms with van der Waals surface area (Å²) >= 11 is 5.42. The van der Waals surface area contributed by atoms with Crippen LogP contribution in [-0.4, -0.2) is 60.4 Å². The summed E-state index contributed by atoms with van der Waals surface area (Å²) in [5.74, 6) is 0.187. The second-order valence-electron chi connectivity index (χ2n) is 3.28. The van der Waals surface area contributed by atoms with E-state index in [0.29, 0.717) is 12.7 Å². The first kappa shape index (κ1) is 16.3. The maximum atomic E-state index is 9.13. The molecule has 0 rings (SSSR count). The fourth-order valence-corrected chi connectivity index (χ4v) is 2.99. The Kier molecular flexibility index (Phi) is 9.53. The van der Waals surface area contributed by atoms with Crippen molar-refractivity contribution in [2.75, 3.05) is 40.4 Å². The first-order chi connectivity index (χ1) is 7.64. The number of aliphatic hydroxyl groups is 1. The molecule has 0 amide bonds. The van der Waals surface area contributed by atoms with Gasteiger partial charge >= 0.3 is 8.80 Å². The summed E-state index contributed by atoms with van der Waals surface area (Å²) in [5.41, 5.74) is 0. The van der Waals surface area contributed by atoms with Crippen molar-refractivity contribution < 1.29 is 23.1 Å². The van der Waals surface area contributed by atoms with Crippen molar-refractivity contribution in [3.63, 3.8) is 0 Å². The standard InChI is InChI=1S/C9H21ClO5Si/c1-12-16(13-2,14-3)6-4-5-15-8-9(11)7-10/h9,11H,4-8H2,1-3H3. The molecule has 98 valence electrons. The molecule has 0 spiro atoms. The molecule has 1 N–H and O–H groups in total. The number of hydrogen-bond acceptors (Lipinski definition) is 5. The van der Waals surface area contributed by atoms with Gasteiger partial charge in [0.1, 0.15) is 0 Å². The lowest BCUT2D eigenvalue weighted by molar-refractivity contribution is 0.0456. The van der Waals surface area contributed by atoms with E-state index in [9.17, 15) is 0 Å². The molecule has 1 unspecified atom stereocenters. The minimum Gasteiger partial charge on any atom is -0.389 e. The third kappa shape index (κ3) is 6.14. The highest BCUT2D eigenvalue weighted by Crippen LogP contribution is 2.14. The summed E-state index contributed by atoms with van der Waals surface area (Å²) in [6, 6.07) is 0.688. The third-order valence-electron chi connectivity index (χ3n) is 2.19. The average Bonchev–Trinajstić information content (AvgIpc) is 2.34. The van der Waals surface area contributed by atoms with E-state index in [1.807, 2.05) is 0 Å². The van der Waals surface area contributed by atoms with Crippen LogP contribution in [0.25, 0.3) is 0 Å². The predicted molar refractivity (Wildman–Crippen MR) is 63.8 cm³/mol. The third-order valence-corrected chi connectivity index (χ3v) is 5.38. The van der Waals surface area contributed by atoms with Gasteiger partial charge in [-0.25, -0.2) is 0 Å². The van der Waals surface area contributed by atoms with Crippen molar-refractivity contribution in [1.82, 2.24) is 0 Å². The van der Waals surface area contributed by atoms with E-state index in [1.54, 1.807) is 21.3 Å². The van der Waals surface area contributed by atoms with E-state index in [4.69, 9.17) is 34.7 Å². The Morgan fingerprint density at radius 3 is 2.19 bits per heavy atom. The monoisotopic (exact) mass is 272 g/mol. The molecule has 0 aromatic carbocycles. The van der Waals surface area contributed by atoms with Gasteiger partial charge in [0.25, 0.3) is 0 Å². The Labute approximate surface area is 103 Å². The summed E-state index contributed by atoms with van der Waals surface area (Å²) in [4.78, 5) is 0. The van der Waals surface area contributed by atoms with Gasteiger partial charge in [-0.3, -0.25) is 0 Å². The Hall–Kier alpha value is 0.307. The van der Waals surface area contributed by atoms with Gasteiger partial charge in [0.2, 0.25) is 0 Å². The van der Waals surface area contributed by atoms with Crippen molar-refractivity contribution >= 4 is 20.4 Å². The second kappa shape index (κ2) is 9.35. The van der Waals surface area contributed by atoms with Crippen molar-refractivity contribution in [2.24, 2.45) is 0 Å². The Bertz CT molecular complexity index is 160. The van der Waals surface area contributed by atoms with Gasteiger partial charge in [-0.1, -0.05) is 0 Å². The number of ether oxygens (including phenoxy) is 1. The molecule has 7 heteroatoms. The van der Waals surface area contributed by atoms with Crippen LogP contribution >= 0.6 is 11.6 Å². The molecule has 0 aliphatic heterocycles. The fourth-order valence-electron chi connectivity index (χ4n) is 1.21. The normalized spacial score (nSPS) is 14.1. The van der Waals surface area contributed by atoms with Crippen molar-refractivity contribution in [3.05, 3.63) is 0 Å². The van der Waals surface area contributed by atoms with Crippen LogP contribution in [0.4, 0.5) is 0 Å². The summed E-state index contributed by atoms with van der Waals surface area (Å²) in [5, 5.41) is 9.13. The average molecular weight is 273 g/mol. The summed E-state index contributed by atoms with van der Waals surface area (Å²) < 4.78 is 21.0. The molecular formula is C9H21ClO5Si. The van der Waals surface area contributed by atoms with Gasteiger partial charge < -0.3 is 23.1 Å². The number of aliphatic hydroxyl groups excluding tert-OH is 1. The number of alkyl halides is 1. The Morgan fingerprint density at radius 1 is 1.19 bits per heavy atom. The van der Waals surface area contributed by atoms with Crippen molar-refractivity contribution in [3.8, 4) is 0 Å².